The Labute approximate surface area is 95.1 Å². The zero-order chi connectivity index (χ0) is 10.9. The van der Waals surface area contributed by atoms with E-state index in [0.29, 0.717) is 6.04 Å². The zero-order valence-corrected chi connectivity index (χ0v) is 10.1. The first kappa shape index (κ1) is 12.8. The van der Waals surface area contributed by atoms with Crippen molar-refractivity contribution >= 4 is 0 Å². The smallest absolute Gasteiger partial charge is 0.00390 e. The second kappa shape index (κ2) is 7.92. The van der Waals surface area contributed by atoms with E-state index >= 15 is 0 Å². The second-order valence-electron chi connectivity index (χ2n) is 5.06. The van der Waals surface area contributed by atoms with Crippen LogP contribution in [0, 0.1) is 5.92 Å². The zero-order valence-electron chi connectivity index (χ0n) is 10.1. The molecule has 88 valence electrons. The predicted octanol–water partition coefficient (Wildman–Crippen LogP) is 4.03. The standard InChI is InChI=1S/C14H27N/c1-2-3-5-10-14(15)12-11-13-8-6-4-7-9-13/h2,13-14H,1,3-12,15H2. The minimum atomic E-state index is 0.437. The van der Waals surface area contributed by atoms with Gasteiger partial charge in [-0.3, -0.25) is 0 Å². The van der Waals surface area contributed by atoms with Crippen LogP contribution in [0.2, 0.25) is 0 Å². The van der Waals surface area contributed by atoms with E-state index in [0.717, 1.165) is 12.3 Å². The molecule has 0 aliphatic heterocycles. The summed E-state index contributed by atoms with van der Waals surface area (Å²) in [5.41, 5.74) is 6.10. The van der Waals surface area contributed by atoms with Crippen molar-refractivity contribution in [2.75, 3.05) is 0 Å². The Balaban J connectivity index is 1.99. The Hall–Kier alpha value is -0.300. The first-order valence-electron chi connectivity index (χ1n) is 6.69. The van der Waals surface area contributed by atoms with Crippen LogP contribution in [0.4, 0.5) is 0 Å². The third kappa shape index (κ3) is 5.99. The van der Waals surface area contributed by atoms with E-state index in [-0.39, 0.29) is 0 Å². The van der Waals surface area contributed by atoms with Crippen molar-refractivity contribution in [1.82, 2.24) is 0 Å². The molecule has 1 saturated carbocycles. The maximum atomic E-state index is 6.10. The summed E-state index contributed by atoms with van der Waals surface area (Å²) >= 11 is 0. The number of rotatable bonds is 7. The molecule has 0 heterocycles. The summed E-state index contributed by atoms with van der Waals surface area (Å²) < 4.78 is 0. The Morgan fingerprint density at radius 1 is 1.20 bits per heavy atom. The number of allylic oxidation sites excluding steroid dienone is 1. The first-order valence-corrected chi connectivity index (χ1v) is 6.69. The Kier molecular flexibility index (Phi) is 6.74. The lowest BCUT2D eigenvalue weighted by Crippen LogP contribution is -2.21. The van der Waals surface area contributed by atoms with Crippen LogP contribution in [0.15, 0.2) is 12.7 Å². The summed E-state index contributed by atoms with van der Waals surface area (Å²) in [5.74, 6) is 0.990. The first-order chi connectivity index (χ1) is 7.33. The van der Waals surface area contributed by atoms with Crippen LogP contribution in [-0.2, 0) is 0 Å². The van der Waals surface area contributed by atoms with Crippen LogP contribution >= 0.6 is 0 Å². The Morgan fingerprint density at radius 3 is 2.60 bits per heavy atom. The summed E-state index contributed by atoms with van der Waals surface area (Å²) in [6, 6.07) is 0.437. The molecular weight excluding hydrogens is 182 g/mol. The highest BCUT2D eigenvalue weighted by Gasteiger charge is 2.14. The minimum Gasteiger partial charge on any atom is -0.328 e. The van der Waals surface area contributed by atoms with Gasteiger partial charge in [-0.15, -0.1) is 6.58 Å². The number of hydrogen-bond donors (Lipinski definition) is 1. The van der Waals surface area contributed by atoms with Gasteiger partial charge in [-0.05, 0) is 38.0 Å². The van der Waals surface area contributed by atoms with Crippen molar-refractivity contribution < 1.29 is 0 Å². The van der Waals surface area contributed by atoms with Crippen LogP contribution in [0.25, 0.3) is 0 Å². The van der Waals surface area contributed by atoms with Gasteiger partial charge in [0.1, 0.15) is 0 Å². The predicted molar refractivity (Wildman–Crippen MR) is 67.8 cm³/mol. The normalized spacial score (nSPS) is 20.1. The third-order valence-electron chi connectivity index (χ3n) is 3.65. The summed E-state index contributed by atoms with van der Waals surface area (Å²) in [7, 11) is 0. The molecule has 15 heavy (non-hydrogen) atoms. The fraction of sp³-hybridized carbons (Fsp3) is 0.857. The molecule has 0 aromatic rings. The van der Waals surface area contributed by atoms with Crippen LogP contribution in [0.5, 0.6) is 0 Å². The van der Waals surface area contributed by atoms with Gasteiger partial charge >= 0.3 is 0 Å². The molecular formula is C14H27N. The molecule has 0 radical (unpaired) electrons. The topological polar surface area (TPSA) is 26.0 Å². The van der Waals surface area contributed by atoms with Crippen molar-refractivity contribution in [2.24, 2.45) is 11.7 Å². The lowest BCUT2D eigenvalue weighted by molar-refractivity contribution is 0.320. The molecule has 0 bridgehead atoms. The van der Waals surface area contributed by atoms with E-state index < -0.39 is 0 Å². The lowest BCUT2D eigenvalue weighted by Gasteiger charge is -2.22. The third-order valence-corrected chi connectivity index (χ3v) is 3.65. The fourth-order valence-corrected chi connectivity index (χ4v) is 2.59. The molecule has 0 aromatic carbocycles. The average molecular weight is 209 g/mol. The molecule has 1 heteroatoms. The summed E-state index contributed by atoms with van der Waals surface area (Å²) in [6.07, 6.45) is 15.4. The molecule has 1 fully saturated rings. The van der Waals surface area contributed by atoms with Gasteiger partial charge < -0.3 is 5.73 Å². The van der Waals surface area contributed by atoms with Crippen LogP contribution in [0.3, 0.4) is 0 Å². The van der Waals surface area contributed by atoms with Gasteiger partial charge in [0.2, 0.25) is 0 Å². The molecule has 2 N–H and O–H groups in total. The molecule has 0 saturated heterocycles. The van der Waals surface area contributed by atoms with Crippen LogP contribution in [0.1, 0.15) is 64.2 Å². The molecule has 0 amide bonds. The van der Waals surface area contributed by atoms with Gasteiger partial charge in [0.05, 0.1) is 0 Å². The highest BCUT2D eigenvalue weighted by Crippen LogP contribution is 2.27. The van der Waals surface area contributed by atoms with Crippen molar-refractivity contribution in [1.29, 1.82) is 0 Å². The highest BCUT2D eigenvalue weighted by atomic mass is 14.6. The van der Waals surface area contributed by atoms with Crippen LogP contribution in [-0.4, -0.2) is 6.04 Å². The Morgan fingerprint density at radius 2 is 1.93 bits per heavy atom. The number of nitrogens with two attached hydrogens (primary N) is 1. The van der Waals surface area contributed by atoms with Gasteiger partial charge in [0, 0.05) is 6.04 Å². The molecule has 1 aliphatic carbocycles. The summed E-state index contributed by atoms with van der Waals surface area (Å²) in [4.78, 5) is 0. The second-order valence-corrected chi connectivity index (χ2v) is 5.06. The highest BCUT2D eigenvalue weighted by molar-refractivity contribution is 4.72. The van der Waals surface area contributed by atoms with Crippen molar-refractivity contribution in [3.05, 3.63) is 12.7 Å². The van der Waals surface area contributed by atoms with Crippen LogP contribution < -0.4 is 5.73 Å². The molecule has 1 aliphatic rings. The SMILES string of the molecule is C=CCCCC(N)CCC1CCCCC1. The molecule has 1 nitrogen and oxygen atoms in total. The van der Waals surface area contributed by atoms with E-state index in [1.54, 1.807) is 0 Å². The van der Waals surface area contributed by atoms with E-state index in [2.05, 4.69) is 6.58 Å². The monoisotopic (exact) mass is 209 g/mol. The van der Waals surface area contributed by atoms with Crippen molar-refractivity contribution in [3.8, 4) is 0 Å². The van der Waals surface area contributed by atoms with Gasteiger partial charge in [0.25, 0.3) is 0 Å². The van der Waals surface area contributed by atoms with Crippen molar-refractivity contribution in [2.45, 2.75) is 70.3 Å². The number of unbranched alkanes of at least 4 members (excludes halogenated alkanes) is 1. The van der Waals surface area contributed by atoms with Gasteiger partial charge in [-0.2, -0.15) is 0 Å². The van der Waals surface area contributed by atoms with Gasteiger partial charge in [-0.25, -0.2) is 0 Å². The van der Waals surface area contributed by atoms with E-state index in [1.807, 2.05) is 6.08 Å². The maximum Gasteiger partial charge on any atom is 0.00390 e. The van der Waals surface area contributed by atoms with Gasteiger partial charge in [0.15, 0.2) is 0 Å². The maximum absolute atomic E-state index is 6.10. The summed E-state index contributed by atoms with van der Waals surface area (Å²) in [5, 5.41) is 0. The quantitative estimate of drug-likeness (QED) is 0.497. The molecule has 0 aromatic heterocycles. The molecule has 1 atom stereocenters. The van der Waals surface area contributed by atoms with E-state index in [4.69, 9.17) is 5.73 Å². The molecule has 1 rings (SSSR count). The molecule has 0 spiro atoms. The largest absolute Gasteiger partial charge is 0.328 e. The van der Waals surface area contributed by atoms with E-state index in [1.165, 1.54) is 57.8 Å². The number of hydrogen-bond acceptors (Lipinski definition) is 1. The fourth-order valence-electron chi connectivity index (χ4n) is 2.59. The molecule has 1 unspecified atom stereocenters. The minimum absolute atomic E-state index is 0.437. The van der Waals surface area contributed by atoms with E-state index in [9.17, 15) is 0 Å². The Bertz CT molecular complexity index is 159. The summed E-state index contributed by atoms with van der Waals surface area (Å²) in [6.45, 7) is 3.74. The van der Waals surface area contributed by atoms with Gasteiger partial charge in [-0.1, -0.05) is 38.2 Å². The lowest BCUT2D eigenvalue weighted by atomic mass is 9.85. The average Bonchev–Trinajstić information content (AvgIpc) is 2.28. The van der Waals surface area contributed by atoms with Crippen molar-refractivity contribution in [3.63, 3.8) is 0 Å².